The lowest BCUT2D eigenvalue weighted by Crippen LogP contribution is -2.27. The molecule has 1 aliphatic rings. The van der Waals surface area contributed by atoms with Gasteiger partial charge in [-0.1, -0.05) is 35.8 Å². The van der Waals surface area contributed by atoms with Crippen LogP contribution in [0, 0.1) is 11.6 Å². The number of hydrogen-bond donors (Lipinski definition) is 0. The number of amides is 1. The maximum Gasteiger partial charge on any atom is 0.258 e. The molecule has 33 heavy (non-hydrogen) atoms. The lowest BCUT2D eigenvalue weighted by Gasteiger charge is -2.18. The summed E-state index contributed by atoms with van der Waals surface area (Å²) < 4.78 is 54.6. The Bertz CT molecular complexity index is 1410. The molecule has 0 atom stereocenters. The zero-order chi connectivity index (χ0) is 23.9. The predicted octanol–water partition coefficient (Wildman–Crippen LogP) is 2.56. The van der Waals surface area contributed by atoms with E-state index >= 15 is 0 Å². The molecule has 0 spiro atoms. The number of carbonyl (C=O) groups excluding carboxylic acids is 1. The zero-order valence-electron chi connectivity index (χ0n) is 18.3. The van der Waals surface area contributed by atoms with Crippen LogP contribution in [0.1, 0.15) is 16.7 Å². The van der Waals surface area contributed by atoms with Crippen LogP contribution in [-0.4, -0.2) is 40.6 Å². The zero-order valence-corrected chi connectivity index (χ0v) is 19.2. The molecule has 1 aliphatic heterocycles. The SMILES string of the molecule is Bc1cccc(/C=C2/C(=O)N(C)c3ccc(S(=O)(=O)N(C)Cc4ccc(F)cc4F)cc32)c1. The van der Waals surface area contributed by atoms with E-state index in [2.05, 4.69) is 0 Å². The summed E-state index contributed by atoms with van der Waals surface area (Å²) >= 11 is 0. The van der Waals surface area contributed by atoms with Gasteiger partial charge in [0.05, 0.1) is 10.6 Å². The molecule has 4 rings (SSSR count). The monoisotopic (exact) mass is 466 g/mol. The van der Waals surface area contributed by atoms with Crippen molar-refractivity contribution in [1.29, 1.82) is 0 Å². The van der Waals surface area contributed by atoms with Gasteiger partial charge in [0.1, 0.15) is 19.5 Å². The summed E-state index contributed by atoms with van der Waals surface area (Å²) in [7, 11) is 0.900. The van der Waals surface area contributed by atoms with Crippen molar-refractivity contribution in [2.45, 2.75) is 11.4 Å². The third kappa shape index (κ3) is 4.34. The van der Waals surface area contributed by atoms with E-state index in [1.165, 1.54) is 30.1 Å². The van der Waals surface area contributed by atoms with E-state index < -0.39 is 21.7 Å². The lowest BCUT2D eigenvalue weighted by atomic mass is 9.93. The number of halogens is 2. The van der Waals surface area contributed by atoms with Gasteiger partial charge in [-0.2, -0.15) is 4.31 Å². The Morgan fingerprint density at radius 1 is 1.06 bits per heavy atom. The Kier molecular flexibility index (Phi) is 5.94. The number of rotatable bonds is 5. The van der Waals surface area contributed by atoms with E-state index in [-0.39, 0.29) is 22.9 Å². The third-order valence-electron chi connectivity index (χ3n) is 5.62. The van der Waals surface area contributed by atoms with Crippen LogP contribution >= 0.6 is 0 Å². The first kappa shape index (κ1) is 22.9. The van der Waals surface area contributed by atoms with Gasteiger partial charge in [-0.3, -0.25) is 4.79 Å². The van der Waals surface area contributed by atoms with E-state index in [0.29, 0.717) is 16.8 Å². The fraction of sp³-hybridized carbons (Fsp3) is 0.125. The molecule has 3 aromatic rings. The van der Waals surface area contributed by atoms with E-state index in [1.807, 2.05) is 32.1 Å². The number of likely N-dealkylation sites (N-methyl/N-ethyl adjacent to an activating group) is 1. The molecule has 3 aromatic carbocycles. The van der Waals surface area contributed by atoms with Crippen molar-refractivity contribution in [3.05, 3.63) is 89.0 Å². The van der Waals surface area contributed by atoms with Gasteiger partial charge in [0.2, 0.25) is 10.0 Å². The molecule has 0 radical (unpaired) electrons. The number of carbonyl (C=O) groups is 1. The Morgan fingerprint density at radius 3 is 2.52 bits per heavy atom. The van der Waals surface area contributed by atoms with Crippen LogP contribution in [-0.2, 0) is 21.4 Å². The van der Waals surface area contributed by atoms with Crippen molar-refractivity contribution >= 4 is 46.6 Å². The molecule has 0 aromatic heterocycles. The highest BCUT2D eigenvalue weighted by atomic mass is 32.2. The van der Waals surface area contributed by atoms with Crippen molar-refractivity contribution in [2.75, 3.05) is 19.0 Å². The number of benzene rings is 3. The fourth-order valence-corrected chi connectivity index (χ4v) is 4.99. The summed E-state index contributed by atoms with van der Waals surface area (Å²) in [5.74, 6) is -1.79. The highest BCUT2D eigenvalue weighted by molar-refractivity contribution is 7.89. The summed E-state index contributed by atoms with van der Waals surface area (Å²) in [6.07, 6.45) is 1.74. The van der Waals surface area contributed by atoms with Crippen molar-refractivity contribution in [1.82, 2.24) is 4.31 Å². The summed E-state index contributed by atoms with van der Waals surface area (Å²) in [5.41, 5.74) is 3.42. The van der Waals surface area contributed by atoms with Crippen LogP contribution in [0.25, 0.3) is 11.6 Å². The van der Waals surface area contributed by atoms with Gasteiger partial charge in [-0.05, 0) is 35.9 Å². The van der Waals surface area contributed by atoms with Crippen molar-refractivity contribution in [2.24, 2.45) is 0 Å². The topological polar surface area (TPSA) is 57.7 Å². The number of hydrogen-bond acceptors (Lipinski definition) is 3. The second-order valence-corrected chi connectivity index (χ2v) is 10.1. The molecule has 9 heteroatoms. The summed E-state index contributed by atoms with van der Waals surface area (Å²) in [4.78, 5) is 14.3. The average Bonchev–Trinajstić information content (AvgIpc) is 3.00. The molecule has 0 saturated heterocycles. The van der Waals surface area contributed by atoms with E-state index in [0.717, 1.165) is 27.5 Å². The average molecular weight is 466 g/mol. The maximum atomic E-state index is 14.0. The first-order chi connectivity index (χ1) is 15.6. The van der Waals surface area contributed by atoms with E-state index in [9.17, 15) is 22.0 Å². The number of nitrogens with zero attached hydrogens (tertiary/aromatic N) is 2. The molecular weight excluding hydrogens is 445 g/mol. The second-order valence-electron chi connectivity index (χ2n) is 8.01. The molecule has 5 nitrogen and oxygen atoms in total. The Labute approximate surface area is 192 Å². The van der Waals surface area contributed by atoms with Crippen LogP contribution in [0.5, 0.6) is 0 Å². The quantitative estimate of drug-likeness (QED) is 0.429. The van der Waals surface area contributed by atoms with Gasteiger partial charge in [0.15, 0.2) is 0 Å². The number of fused-ring (bicyclic) bond motifs is 1. The highest BCUT2D eigenvalue weighted by Gasteiger charge is 2.32. The maximum absolute atomic E-state index is 14.0. The minimum Gasteiger partial charge on any atom is -0.311 e. The van der Waals surface area contributed by atoms with E-state index in [1.54, 1.807) is 19.2 Å². The van der Waals surface area contributed by atoms with Crippen molar-refractivity contribution in [3.8, 4) is 0 Å². The van der Waals surface area contributed by atoms with Crippen LogP contribution < -0.4 is 10.4 Å². The summed E-state index contributed by atoms with van der Waals surface area (Å²) in [5, 5.41) is 0. The standard InChI is InChI=1S/C24H21BF2N2O3S/c1-28(14-16-6-7-18(26)12-22(16)27)33(31,32)19-8-9-23-20(13-19)21(24(30)29(23)2)11-15-4-3-5-17(25)10-15/h3-13H,14,25H2,1-2H3/b21-11+. The smallest absolute Gasteiger partial charge is 0.258 e. The molecular formula is C24H21BF2N2O3S. The fourth-order valence-electron chi connectivity index (χ4n) is 3.81. The van der Waals surface area contributed by atoms with Crippen molar-refractivity contribution in [3.63, 3.8) is 0 Å². The van der Waals surface area contributed by atoms with Gasteiger partial charge in [-0.25, -0.2) is 17.2 Å². The van der Waals surface area contributed by atoms with Crippen molar-refractivity contribution < 1.29 is 22.0 Å². The molecule has 1 heterocycles. The van der Waals surface area contributed by atoms with Gasteiger partial charge in [-0.15, -0.1) is 0 Å². The molecule has 0 saturated carbocycles. The Hall–Kier alpha value is -3.30. The Balaban J connectivity index is 1.72. The summed E-state index contributed by atoms with van der Waals surface area (Å²) in [6, 6.07) is 15.1. The molecule has 1 amide bonds. The highest BCUT2D eigenvalue weighted by Crippen LogP contribution is 2.38. The largest absolute Gasteiger partial charge is 0.311 e. The first-order valence-corrected chi connectivity index (χ1v) is 11.6. The molecule has 0 fully saturated rings. The van der Waals surface area contributed by atoms with Gasteiger partial charge < -0.3 is 4.90 Å². The Morgan fingerprint density at radius 2 is 1.82 bits per heavy atom. The third-order valence-corrected chi connectivity index (χ3v) is 7.42. The van der Waals surface area contributed by atoms with Gasteiger partial charge in [0.25, 0.3) is 5.91 Å². The second kappa shape index (κ2) is 8.57. The van der Waals surface area contributed by atoms with Crippen LogP contribution in [0.2, 0.25) is 0 Å². The van der Waals surface area contributed by atoms with Crippen LogP contribution in [0.15, 0.2) is 65.6 Å². The van der Waals surface area contributed by atoms with E-state index in [4.69, 9.17) is 0 Å². The minimum atomic E-state index is -4.01. The summed E-state index contributed by atoms with van der Waals surface area (Å²) in [6.45, 7) is -0.268. The molecule has 0 N–H and O–H groups in total. The number of anilines is 1. The van der Waals surface area contributed by atoms with Crippen LogP contribution in [0.3, 0.4) is 0 Å². The molecule has 168 valence electrons. The normalized spacial score (nSPS) is 14.9. The lowest BCUT2D eigenvalue weighted by molar-refractivity contribution is -0.112. The predicted molar refractivity (Wildman–Crippen MR) is 127 cm³/mol. The van der Waals surface area contributed by atoms with Gasteiger partial charge in [0, 0.05) is 43.4 Å². The molecule has 0 bridgehead atoms. The number of sulfonamides is 1. The minimum absolute atomic E-state index is 0.0236. The molecule has 0 aliphatic carbocycles. The van der Waals surface area contributed by atoms with Gasteiger partial charge >= 0.3 is 0 Å². The molecule has 0 unspecified atom stereocenters. The first-order valence-electron chi connectivity index (χ1n) is 10.2. The van der Waals surface area contributed by atoms with Crippen LogP contribution in [0.4, 0.5) is 14.5 Å².